The van der Waals surface area contributed by atoms with E-state index in [1.165, 1.54) is 54.6 Å². The Labute approximate surface area is 165 Å². The van der Waals surface area contributed by atoms with E-state index >= 15 is 0 Å². The van der Waals surface area contributed by atoms with Crippen LogP contribution in [-0.2, 0) is 37.3 Å². The molecule has 6 nitrogen and oxygen atoms in total. The van der Waals surface area contributed by atoms with Gasteiger partial charge in [0.25, 0.3) is 0 Å². The molecule has 1 saturated heterocycles. The summed E-state index contributed by atoms with van der Waals surface area (Å²) in [4.78, 5) is 2.53. The summed E-state index contributed by atoms with van der Waals surface area (Å²) in [6, 6.07) is 4.66. The Hall–Kier alpha value is -1.92. The van der Waals surface area contributed by atoms with Gasteiger partial charge in [0.2, 0.25) is 0 Å². The van der Waals surface area contributed by atoms with Crippen molar-refractivity contribution in [3.8, 4) is 5.75 Å². The molecule has 1 aromatic carbocycles. The van der Waals surface area contributed by atoms with Gasteiger partial charge < -0.3 is 14.0 Å². The van der Waals surface area contributed by atoms with E-state index in [9.17, 15) is 0 Å². The molecular weight excluding hydrogens is 352 g/mol. The summed E-state index contributed by atoms with van der Waals surface area (Å²) >= 11 is 0. The summed E-state index contributed by atoms with van der Waals surface area (Å²) in [5.41, 5.74) is 4.21. The molecule has 1 atom stereocenters. The summed E-state index contributed by atoms with van der Waals surface area (Å²) in [5.74, 6) is 3.87. The fourth-order valence-electron chi connectivity index (χ4n) is 5.34. The van der Waals surface area contributed by atoms with E-state index < -0.39 is 0 Å². The Kier molecular flexibility index (Phi) is 3.82. The third-order valence-electron chi connectivity index (χ3n) is 7.04. The molecule has 1 saturated carbocycles. The van der Waals surface area contributed by atoms with Crippen molar-refractivity contribution >= 4 is 0 Å². The molecule has 0 amide bonds. The smallest absolute Gasteiger partial charge is 0.159 e. The van der Waals surface area contributed by atoms with Crippen LogP contribution in [0.4, 0.5) is 0 Å². The van der Waals surface area contributed by atoms with Gasteiger partial charge in [0.15, 0.2) is 5.82 Å². The lowest BCUT2D eigenvalue weighted by atomic mass is 10.0. The van der Waals surface area contributed by atoms with Crippen molar-refractivity contribution in [1.82, 2.24) is 19.7 Å². The van der Waals surface area contributed by atoms with Crippen molar-refractivity contribution in [3.05, 3.63) is 40.5 Å². The maximum absolute atomic E-state index is 6.37. The van der Waals surface area contributed by atoms with Gasteiger partial charge >= 0.3 is 0 Å². The first-order valence-electron chi connectivity index (χ1n) is 10.7. The first-order valence-corrected chi connectivity index (χ1v) is 10.7. The highest BCUT2D eigenvalue weighted by Gasteiger charge is 2.44. The van der Waals surface area contributed by atoms with E-state index in [-0.39, 0.29) is 5.60 Å². The molecule has 2 aromatic rings. The summed E-state index contributed by atoms with van der Waals surface area (Å²) in [6.07, 6.45) is 7.26. The third kappa shape index (κ3) is 2.77. The second kappa shape index (κ2) is 6.29. The Bertz CT molecular complexity index is 920. The van der Waals surface area contributed by atoms with Crippen LogP contribution in [0.1, 0.15) is 59.9 Å². The number of fused-ring (bicyclic) bond motifs is 2. The molecular formula is C22H28N4O2. The second-order valence-electron chi connectivity index (χ2n) is 9.05. The monoisotopic (exact) mass is 380 g/mol. The normalized spacial score (nSPS) is 26.6. The molecule has 148 valence electrons. The molecule has 6 rings (SSSR count). The standard InChI is InChI=1S/C22H28N4O2/c1-27-19-10-17-4-2-3-16(17)9-18(19)11-25-8-7-22(13-25)14-26-20(12-28-22)23-24-21(26)15-5-6-15/h9-10,15H,2-8,11-14H2,1H3. The molecule has 2 fully saturated rings. The molecule has 1 unspecified atom stereocenters. The average Bonchev–Trinajstić information content (AvgIpc) is 3.12. The topological polar surface area (TPSA) is 52.4 Å². The number of aromatic nitrogens is 3. The molecule has 4 aliphatic rings. The quantitative estimate of drug-likeness (QED) is 0.816. The molecule has 0 N–H and O–H groups in total. The second-order valence-corrected chi connectivity index (χ2v) is 9.05. The Balaban J connectivity index is 1.21. The summed E-state index contributed by atoms with van der Waals surface area (Å²) < 4.78 is 14.5. The fraction of sp³-hybridized carbons (Fsp3) is 0.636. The van der Waals surface area contributed by atoms with Crippen molar-refractivity contribution in [2.24, 2.45) is 0 Å². The van der Waals surface area contributed by atoms with Gasteiger partial charge in [0, 0.05) is 31.1 Å². The highest BCUT2D eigenvalue weighted by atomic mass is 16.5. The van der Waals surface area contributed by atoms with Crippen LogP contribution in [0.15, 0.2) is 12.1 Å². The number of likely N-dealkylation sites (tertiary alicyclic amines) is 1. The van der Waals surface area contributed by atoms with Crippen LogP contribution in [-0.4, -0.2) is 45.5 Å². The third-order valence-corrected chi connectivity index (χ3v) is 7.04. The van der Waals surface area contributed by atoms with Gasteiger partial charge in [-0.15, -0.1) is 10.2 Å². The highest BCUT2D eigenvalue weighted by molar-refractivity contribution is 5.44. The largest absolute Gasteiger partial charge is 0.496 e. The molecule has 1 spiro atoms. The van der Waals surface area contributed by atoms with E-state index in [2.05, 4.69) is 31.8 Å². The summed E-state index contributed by atoms with van der Waals surface area (Å²) in [5, 5.41) is 8.83. The van der Waals surface area contributed by atoms with Gasteiger partial charge in [-0.2, -0.15) is 0 Å². The maximum Gasteiger partial charge on any atom is 0.159 e. The van der Waals surface area contributed by atoms with Crippen LogP contribution in [0.2, 0.25) is 0 Å². The highest BCUT2D eigenvalue weighted by Crippen LogP contribution is 2.42. The lowest BCUT2D eigenvalue weighted by molar-refractivity contribution is -0.0831. The first kappa shape index (κ1) is 17.0. The van der Waals surface area contributed by atoms with Crippen molar-refractivity contribution in [2.45, 2.75) is 69.7 Å². The van der Waals surface area contributed by atoms with Gasteiger partial charge in [-0.25, -0.2) is 0 Å². The molecule has 0 radical (unpaired) electrons. The minimum Gasteiger partial charge on any atom is -0.496 e. The lowest BCUT2D eigenvalue weighted by Crippen LogP contribution is -2.44. The predicted octanol–water partition coefficient (Wildman–Crippen LogP) is 2.83. The molecule has 3 heterocycles. The van der Waals surface area contributed by atoms with Crippen LogP contribution in [0.25, 0.3) is 0 Å². The molecule has 2 aliphatic heterocycles. The number of nitrogens with zero attached hydrogens (tertiary/aromatic N) is 4. The van der Waals surface area contributed by atoms with Crippen LogP contribution >= 0.6 is 0 Å². The van der Waals surface area contributed by atoms with Crippen LogP contribution in [0.5, 0.6) is 5.75 Å². The van der Waals surface area contributed by atoms with Gasteiger partial charge in [-0.05, 0) is 55.7 Å². The van der Waals surface area contributed by atoms with Crippen LogP contribution < -0.4 is 4.74 Å². The van der Waals surface area contributed by atoms with Crippen LogP contribution in [0, 0.1) is 0 Å². The Morgan fingerprint density at radius 3 is 2.86 bits per heavy atom. The number of ether oxygens (including phenoxy) is 2. The van der Waals surface area contributed by atoms with Gasteiger partial charge in [0.05, 0.1) is 13.7 Å². The fourth-order valence-corrected chi connectivity index (χ4v) is 5.34. The SMILES string of the molecule is COc1cc2c(cc1CN1CCC3(C1)Cn1c(nnc1C1CC1)CO3)CCC2. The van der Waals surface area contributed by atoms with E-state index in [0.717, 1.165) is 44.2 Å². The van der Waals surface area contributed by atoms with Crippen molar-refractivity contribution in [2.75, 3.05) is 20.2 Å². The number of hydrogen-bond donors (Lipinski definition) is 0. The first-order chi connectivity index (χ1) is 13.7. The Morgan fingerprint density at radius 2 is 2.04 bits per heavy atom. The average molecular weight is 380 g/mol. The summed E-state index contributed by atoms with van der Waals surface area (Å²) in [7, 11) is 1.79. The number of hydrogen-bond acceptors (Lipinski definition) is 5. The van der Waals surface area contributed by atoms with E-state index in [1.807, 2.05) is 0 Å². The molecule has 28 heavy (non-hydrogen) atoms. The van der Waals surface area contributed by atoms with Crippen molar-refractivity contribution in [3.63, 3.8) is 0 Å². The number of rotatable bonds is 4. The van der Waals surface area contributed by atoms with E-state index in [0.29, 0.717) is 12.5 Å². The molecule has 1 aromatic heterocycles. The molecule has 2 aliphatic carbocycles. The van der Waals surface area contributed by atoms with Crippen molar-refractivity contribution < 1.29 is 9.47 Å². The number of benzene rings is 1. The van der Waals surface area contributed by atoms with E-state index in [4.69, 9.17) is 9.47 Å². The molecule has 0 bridgehead atoms. The minimum atomic E-state index is -0.0943. The Morgan fingerprint density at radius 1 is 1.18 bits per heavy atom. The predicted molar refractivity (Wildman–Crippen MR) is 104 cm³/mol. The van der Waals surface area contributed by atoms with Gasteiger partial charge in [0.1, 0.15) is 23.8 Å². The zero-order valence-electron chi connectivity index (χ0n) is 16.6. The zero-order valence-corrected chi connectivity index (χ0v) is 16.6. The number of aryl methyl sites for hydroxylation is 2. The zero-order chi connectivity index (χ0) is 18.7. The maximum atomic E-state index is 6.37. The van der Waals surface area contributed by atoms with E-state index in [1.54, 1.807) is 7.11 Å². The van der Waals surface area contributed by atoms with Crippen molar-refractivity contribution in [1.29, 1.82) is 0 Å². The lowest BCUT2D eigenvalue weighted by Gasteiger charge is -2.35. The summed E-state index contributed by atoms with van der Waals surface area (Å²) in [6.45, 7) is 4.46. The van der Waals surface area contributed by atoms with Gasteiger partial charge in [-0.1, -0.05) is 6.07 Å². The minimum absolute atomic E-state index is 0.0943. The van der Waals surface area contributed by atoms with Crippen LogP contribution in [0.3, 0.4) is 0 Å². The number of methoxy groups -OCH3 is 1. The van der Waals surface area contributed by atoms with Gasteiger partial charge in [-0.3, -0.25) is 4.90 Å². The molecule has 6 heteroatoms.